The predicted octanol–water partition coefficient (Wildman–Crippen LogP) is 3.63. The molecule has 0 aliphatic heterocycles. The summed E-state index contributed by atoms with van der Waals surface area (Å²) >= 11 is 0. The number of benzene rings is 3. The number of nitrogens with one attached hydrogen (secondary N) is 1. The first-order chi connectivity index (χ1) is 14.6. The smallest absolute Gasteiger partial charge is 0.272 e. The maximum atomic E-state index is 13.3. The average molecular weight is 400 g/mol. The molecule has 0 saturated heterocycles. The molecule has 0 aliphatic rings. The van der Waals surface area contributed by atoms with Crippen molar-refractivity contribution < 1.29 is 14.6 Å². The summed E-state index contributed by atoms with van der Waals surface area (Å²) in [6.45, 7) is 0.208. The molecule has 1 heterocycles. The van der Waals surface area contributed by atoms with Crippen molar-refractivity contribution >= 4 is 16.8 Å². The van der Waals surface area contributed by atoms with Crippen LogP contribution in [0.4, 0.5) is 0 Å². The number of carbonyl (C=O) groups is 1. The number of aromatic hydroxyl groups is 1. The lowest BCUT2D eigenvalue weighted by molar-refractivity contribution is 0.0946. The lowest BCUT2D eigenvalue weighted by Crippen LogP contribution is -2.32. The summed E-state index contributed by atoms with van der Waals surface area (Å²) < 4.78 is 6.57. The molecule has 0 radical (unpaired) electrons. The summed E-state index contributed by atoms with van der Waals surface area (Å²) in [5.41, 5.74) is 1.12. The van der Waals surface area contributed by atoms with Gasteiger partial charge < -0.3 is 15.2 Å². The molecule has 3 aromatic carbocycles. The topological polar surface area (TPSA) is 80.6 Å². The normalized spacial score (nSPS) is 10.7. The zero-order valence-corrected chi connectivity index (χ0v) is 16.3. The van der Waals surface area contributed by atoms with Crippen LogP contribution < -0.4 is 15.6 Å². The number of amides is 1. The zero-order valence-electron chi connectivity index (χ0n) is 16.3. The van der Waals surface area contributed by atoms with Crippen LogP contribution in [-0.2, 0) is 6.54 Å². The molecule has 0 bridgehead atoms. The second-order valence-corrected chi connectivity index (χ2v) is 6.75. The third-order valence-electron chi connectivity index (χ3n) is 4.91. The standard InChI is InChI=1S/C24H20N2O4/c1-30-18-13-11-16(12-14-18)15-25-23(28)21-22(27)19-9-5-6-10-20(19)26(24(21)29)17-7-3-2-4-8-17/h2-14,27H,15H2,1H3,(H,25,28). The first-order valence-corrected chi connectivity index (χ1v) is 9.43. The Morgan fingerprint density at radius 3 is 2.33 bits per heavy atom. The molecule has 30 heavy (non-hydrogen) atoms. The first kappa shape index (κ1) is 19.3. The molecular formula is C24H20N2O4. The highest BCUT2D eigenvalue weighted by Crippen LogP contribution is 2.28. The van der Waals surface area contributed by atoms with E-state index in [-0.39, 0.29) is 17.9 Å². The molecule has 0 saturated carbocycles. The quantitative estimate of drug-likeness (QED) is 0.536. The highest BCUT2D eigenvalue weighted by molar-refractivity contribution is 6.02. The third kappa shape index (κ3) is 3.51. The number of rotatable bonds is 5. The van der Waals surface area contributed by atoms with Crippen molar-refractivity contribution in [3.8, 4) is 17.2 Å². The van der Waals surface area contributed by atoms with E-state index >= 15 is 0 Å². The van der Waals surface area contributed by atoms with Crippen LogP contribution in [0, 0.1) is 0 Å². The van der Waals surface area contributed by atoms with Crippen LogP contribution in [0.2, 0.25) is 0 Å². The van der Waals surface area contributed by atoms with Gasteiger partial charge in [0.25, 0.3) is 11.5 Å². The monoisotopic (exact) mass is 400 g/mol. The minimum absolute atomic E-state index is 0.208. The van der Waals surface area contributed by atoms with E-state index in [1.165, 1.54) is 4.57 Å². The molecule has 0 unspecified atom stereocenters. The number of carbonyl (C=O) groups excluding carboxylic acids is 1. The Morgan fingerprint density at radius 2 is 1.63 bits per heavy atom. The van der Waals surface area contributed by atoms with E-state index in [0.29, 0.717) is 22.3 Å². The second-order valence-electron chi connectivity index (χ2n) is 6.75. The van der Waals surface area contributed by atoms with Crippen molar-refractivity contribution in [3.05, 3.63) is 100 Å². The van der Waals surface area contributed by atoms with E-state index in [4.69, 9.17) is 4.74 Å². The number of para-hydroxylation sites is 2. The highest BCUT2D eigenvalue weighted by atomic mass is 16.5. The number of aromatic nitrogens is 1. The van der Waals surface area contributed by atoms with Gasteiger partial charge in [0.2, 0.25) is 0 Å². The Labute approximate surface area is 173 Å². The Morgan fingerprint density at radius 1 is 0.967 bits per heavy atom. The minimum atomic E-state index is -0.635. The number of pyridine rings is 1. The second kappa shape index (κ2) is 8.13. The SMILES string of the molecule is COc1ccc(CNC(=O)c2c(O)c3ccccc3n(-c3ccccc3)c2=O)cc1. The summed E-state index contributed by atoms with van der Waals surface area (Å²) in [6, 6.07) is 23.2. The van der Waals surface area contributed by atoms with Gasteiger partial charge in [-0.05, 0) is 42.0 Å². The first-order valence-electron chi connectivity index (χ1n) is 9.43. The van der Waals surface area contributed by atoms with Gasteiger partial charge in [-0.2, -0.15) is 0 Å². The van der Waals surface area contributed by atoms with Gasteiger partial charge in [0, 0.05) is 17.6 Å². The Hall–Kier alpha value is -4.06. The van der Waals surface area contributed by atoms with Gasteiger partial charge in [-0.25, -0.2) is 0 Å². The fourth-order valence-electron chi connectivity index (χ4n) is 3.38. The molecule has 0 atom stereocenters. The summed E-state index contributed by atoms with van der Waals surface area (Å²) in [5, 5.41) is 13.9. The molecule has 0 spiro atoms. The van der Waals surface area contributed by atoms with Crippen LogP contribution in [0.15, 0.2) is 83.7 Å². The molecule has 1 aromatic heterocycles. The molecule has 150 valence electrons. The van der Waals surface area contributed by atoms with E-state index < -0.39 is 11.5 Å². The van der Waals surface area contributed by atoms with Gasteiger partial charge in [0.1, 0.15) is 17.1 Å². The lowest BCUT2D eigenvalue weighted by atomic mass is 10.1. The fourth-order valence-corrected chi connectivity index (χ4v) is 3.38. The van der Waals surface area contributed by atoms with Crippen LogP contribution in [0.5, 0.6) is 11.5 Å². The molecule has 6 nitrogen and oxygen atoms in total. The molecule has 4 aromatic rings. The average Bonchev–Trinajstić information content (AvgIpc) is 2.79. The van der Waals surface area contributed by atoms with Gasteiger partial charge in [-0.15, -0.1) is 0 Å². The van der Waals surface area contributed by atoms with E-state index in [1.807, 2.05) is 30.3 Å². The summed E-state index contributed by atoms with van der Waals surface area (Å²) in [7, 11) is 1.58. The number of ether oxygens (including phenoxy) is 1. The van der Waals surface area contributed by atoms with Gasteiger partial charge in [-0.1, -0.05) is 42.5 Å². The maximum absolute atomic E-state index is 13.3. The predicted molar refractivity (Wildman–Crippen MR) is 115 cm³/mol. The van der Waals surface area contributed by atoms with Crippen LogP contribution in [-0.4, -0.2) is 22.7 Å². The Bertz CT molecular complexity index is 1260. The Balaban J connectivity index is 1.76. The van der Waals surface area contributed by atoms with Crippen LogP contribution in [0.25, 0.3) is 16.6 Å². The van der Waals surface area contributed by atoms with Gasteiger partial charge in [-0.3, -0.25) is 14.2 Å². The van der Waals surface area contributed by atoms with Gasteiger partial charge >= 0.3 is 0 Å². The molecular weight excluding hydrogens is 380 g/mol. The fraction of sp³-hybridized carbons (Fsp3) is 0.0833. The molecule has 0 fully saturated rings. The largest absolute Gasteiger partial charge is 0.506 e. The van der Waals surface area contributed by atoms with Gasteiger partial charge in [0.05, 0.1) is 12.6 Å². The zero-order chi connectivity index (χ0) is 21.1. The summed E-state index contributed by atoms with van der Waals surface area (Å²) in [6.07, 6.45) is 0. The van der Waals surface area contributed by atoms with Crippen molar-refractivity contribution in [1.29, 1.82) is 0 Å². The van der Waals surface area contributed by atoms with Crippen LogP contribution in [0.1, 0.15) is 15.9 Å². The Kier molecular flexibility index (Phi) is 5.22. The van der Waals surface area contributed by atoms with Crippen molar-refractivity contribution in [2.45, 2.75) is 6.54 Å². The van der Waals surface area contributed by atoms with Crippen molar-refractivity contribution in [3.63, 3.8) is 0 Å². The summed E-state index contributed by atoms with van der Waals surface area (Å²) in [5.74, 6) is -0.248. The number of nitrogens with zero attached hydrogens (tertiary/aromatic N) is 1. The van der Waals surface area contributed by atoms with Crippen LogP contribution in [0.3, 0.4) is 0 Å². The molecule has 0 aliphatic carbocycles. The minimum Gasteiger partial charge on any atom is -0.506 e. The molecule has 6 heteroatoms. The van der Waals surface area contributed by atoms with E-state index in [9.17, 15) is 14.7 Å². The number of hydrogen-bond donors (Lipinski definition) is 2. The molecule has 2 N–H and O–H groups in total. The van der Waals surface area contributed by atoms with Crippen molar-refractivity contribution in [1.82, 2.24) is 9.88 Å². The van der Waals surface area contributed by atoms with Crippen molar-refractivity contribution in [2.24, 2.45) is 0 Å². The van der Waals surface area contributed by atoms with E-state index in [0.717, 1.165) is 5.56 Å². The lowest BCUT2D eigenvalue weighted by Gasteiger charge is -2.15. The molecule has 1 amide bonds. The maximum Gasteiger partial charge on any atom is 0.272 e. The summed E-state index contributed by atoms with van der Waals surface area (Å²) in [4.78, 5) is 26.2. The van der Waals surface area contributed by atoms with Gasteiger partial charge in [0.15, 0.2) is 0 Å². The highest BCUT2D eigenvalue weighted by Gasteiger charge is 2.22. The number of fused-ring (bicyclic) bond motifs is 1. The molecule has 4 rings (SSSR count). The number of hydrogen-bond acceptors (Lipinski definition) is 4. The third-order valence-corrected chi connectivity index (χ3v) is 4.91. The number of methoxy groups -OCH3 is 1. The van der Waals surface area contributed by atoms with Crippen LogP contribution >= 0.6 is 0 Å². The van der Waals surface area contributed by atoms with E-state index in [2.05, 4.69) is 5.32 Å². The van der Waals surface area contributed by atoms with E-state index in [1.54, 1.807) is 55.6 Å². The van der Waals surface area contributed by atoms with Crippen molar-refractivity contribution in [2.75, 3.05) is 7.11 Å².